The number of rotatable bonds is 3. The Bertz CT molecular complexity index is 1180. The smallest absolute Gasteiger partial charge is 0.227 e. The second kappa shape index (κ2) is 7.57. The molecule has 1 aromatic carbocycles. The van der Waals surface area contributed by atoms with Crippen LogP contribution >= 0.6 is 22.9 Å². The van der Waals surface area contributed by atoms with Gasteiger partial charge in [0.2, 0.25) is 5.91 Å². The number of anilines is 2. The van der Waals surface area contributed by atoms with Gasteiger partial charge in [-0.25, -0.2) is 15.0 Å². The molecule has 0 spiro atoms. The Hall–Kier alpha value is -2.77. The zero-order valence-electron chi connectivity index (χ0n) is 15.5. The van der Waals surface area contributed by atoms with Gasteiger partial charge >= 0.3 is 0 Å². The summed E-state index contributed by atoms with van der Waals surface area (Å²) in [6.45, 7) is 1.57. The lowest BCUT2D eigenvalue weighted by Gasteiger charge is -2.32. The highest BCUT2D eigenvalue weighted by atomic mass is 35.5. The molecular formula is C21H18ClN5OS. The number of amides is 1. The molecular weight excluding hydrogens is 406 g/mol. The van der Waals surface area contributed by atoms with E-state index < -0.39 is 0 Å². The normalized spacial score (nSPS) is 15.1. The van der Waals surface area contributed by atoms with Crippen molar-refractivity contribution in [1.82, 2.24) is 15.0 Å². The highest BCUT2D eigenvalue weighted by molar-refractivity contribution is 7.25. The number of hydrogen-bond acceptors (Lipinski definition) is 6. The molecule has 6 nitrogen and oxygen atoms in total. The van der Waals surface area contributed by atoms with E-state index >= 15 is 0 Å². The Balaban J connectivity index is 1.31. The minimum Gasteiger partial charge on any atom is -0.355 e. The van der Waals surface area contributed by atoms with Gasteiger partial charge in [0.1, 0.15) is 17.0 Å². The predicted molar refractivity (Wildman–Crippen MR) is 118 cm³/mol. The highest BCUT2D eigenvalue weighted by Crippen LogP contribution is 2.37. The maximum absolute atomic E-state index is 12.6. The van der Waals surface area contributed by atoms with Crippen LogP contribution in [0.5, 0.6) is 0 Å². The first-order chi connectivity index (χ1) is 14.2. The molecule has 1 saturated heterocycles. The van der Waals surface area contributed by atoms with E-state index in [4.69, 9.17) is 11.6 Å². The standard InChI is InChI=1S/C21H18ClN5OS/c22-14-3-5-15(6-4-14)26-20(28)13-7-10-27(11-8-13)19-18-17(24-12-25-19)16-2-1-9-23-21(16)29-18/h1-6,9,12-13H,7-8,10-11H2,(H,26,28). The Labute approximate surface area is 176 Å². The molecule has 1 N–H and O–H groups in total. The van der Waals surface area contributed by atoms with Crippen molar-refractivity contribution in [2.75, 3.05) is 23.3 Å². The Kier molecular flexibility index (Phi) is 4.77. The van der Waals surface area contributed by atoms with Crippen LogP contribution in [-0.4, -0.2) is 33.9 Å². The summed E-state index contributed by atoms with van der Waals surface area (Å²) in [6.07, 6.45) is 4.99. The summed E-state index contributed by atoms with van der Waals surface area (Å²) < 4.78 is 1.06. The number of benzene rings is 1. The van der Waals surface area contributed by atoms with Crippen LogP contribution in [-0.2, 0) is 4.79 Å². The number of carbonyl (C=O) groups is 1. The molecule has 1 fully saturated rings. The number of fused-ring (bicyclic) bond motifs is 3. The number of pyridine rings is 1. The largest absolute Gasteiger partial charge is 0.355 e. The summed E-state index contributed by atoms with van der Waals surface area (Å²) in [5.74, 6) is 0.990. The molecule has 8 heteroatoms. The van der Waals surface area contributed by atoms with Crippen LogP contribution in [0, 0.1) is 5.92 Å². The number of aromatic nitrogens is 3. The first-order valence-corrected chi connectivity index (χ1v) is 10.7. The third-order valence-electron chi connectivity index (χ3n) is 5.29. The van der Waals surface area contributed by atoms with Crippen molar-refractivity contribution in [3.05, 3.63) is 53.9 Å². The number of halogens is 1. The fourth-order valence-electron chi connectivity index (χ4n) is 3.76. The van der Waals surface area contributed by atoms with E-state index in [9.17, 15) is 4.79 Å². The third-order valence-corrected chi connectivity index (χ3v) is 6.64. The third kappa shape index (κ3) is 3.52. The summed E-state index contributed by atoms with van der Waals surface area (Å²) in [5.41, 5.74) is 1.72. The molecule has 146 valence electrons. The van der Waals surface area contributed by atoms with E-state index in [1.165, 1.54) is 0 Å². The van der Waals surface area contributed by atoms with Crippen molar-refractivity contribution in [3.63, 3.8) is 0 Å². The van der Waals surface area contributed by atoms with Crippen LogP contribution in [0.25, 0.3) is 20.4 Å². The summed E-state index contributed by atoms with van der Waals surface area (Å²) in [7, 11) is 0. The maximum atomic E-state index is 12.6. The summed E-state index contributed by atoms with van der Waals surface area (Å²) in [6, 6.07) is 11.2. The average Bonchev–Trinajstić information content (AvgIpc) is 3.14. The second-order valence-electron chi connectivity index (χ2n) is 7.09. The number of nitrogens with one attached hydrogen (secondary N) is 1. The molecule has 0 radical (unpaired) electrons. The van der Waals surface area contributed by atoms with Crippen LogP contribution in [0.15, 0.2) is 48.9 Å². The first kappa shape index (κ1) is 18.3. The van der Waals surface area contributed by atoms with Gasteiger partial charge < -0.3 is 10.2 Å². The van der Waals surface area contributed by atoms with E-state index in [0.29, 0.717) is 5.02 Å². The quantitative estimate of drug-likeness (QED) is 0.515. The zero-order chi connectivity index (χ0) is 19.8. The number of hydrogen-bond donors (Lipinski definition) is 1. The van der Waals surface area contributed by atoms with Crippen molar-refractivity contribution >= 4 is 60.8 Å². The summed E-state index contributed by atoms with van der Waals surface area (Å²) in [4.78, 5) is 29.4. The number of carbonyl (C=O) groups excluding carboxylic acids is 1. The molecule has 1 aliphatic heterocycles. The van der Waals surface area contributed by atoms with Gasteiger partial charge in [0.25, 0.3) is 0 Å². The van der Waals surface area contributed by atoms with Gasteiger partial charge in [-0.15, -0.1) is 11.3 Å². The summed E-state index contributed by atoms with van der Waals surface area (Å²) >= 11 is 7.53. The topological polar surface area (TPSA) is 71.0 Å². The molecule has 4 aromatic rings. The molecule has 0 aliphatic carbocycles. The Morgan fingerprint density at radius 1 is 1.10 bits per heavy atom. The lowest BCUT2D eigenvalue weighted by molar-refractivity contribution is -0.120. The Morgan fingerprint density at radius 3 is 2.69 bits per heavy atom. The van der Waals surface area contributed by atoms with Gasteiger partial charge in [0.05, 0.1) is 10.2 Å². The van der Waals surface area contributed by atoms with E-state index in [0.717, 1.165) is 57.9 Å². The number of thiophene rings is 1. The molecule has 0 bridgehead atoms. The van der Waals surface area contributed by atoms with Crippen LogP contribution < -0.4 is 10.2 Å². The Morgan fingerprint density at radius 2 is 1.90 bits per heavy atom. The number of piperidine rings is 1. The van der Waals surface area contributed by atoms with Crippen LogP contribution in [0.3, 0.4) is 0 Å². The molecule has 1 aliphatic rings. The van der Waals surface area contributed by atoms with Crippen molar-refractivity contribution in [2.45, 2.75) is 12.8 Å². The van der Waals surface area contributed by atoms with Gasteiger partial charge in [-0.05, 0) is 49.2 Å². The van der Waals surface area contributed by atoms with Gasteiger partial charge in [0, 0.05) is 41.3 Å². The van der Waals surface area contributed by atoms with Crippen molar-refractivity contribution in [2.24, 2.45) is 5.92 Å². The molecule has 0 unspecified atom stereocenters. The fraction of sp³-hybridized carbons (Fsp3) is 0.238. The van der Waals surface area contributed by atoms with Crippen molar-refractivity contribution in [1.29, 1.82) is 0 Å². The van der Waals surface area contributed by atoms with E-state index in [2.05, 4.69) is 25.2 Å². The fourth-order valence-corrected chi connectivity index (χ4v) is 5.00. The van der Waals surface area contributed by atoms with E-state index in [1.807, 2.05) is 24.3 Å². The van der Waals surface area contributed by atoms with Gasteiger partial charge in [-0.2, -0.15) is 0 Å². The average molecular weight is 424 g/mol. The van der Waals surface area contributed by atoms with Crippen molar-refractivity contribution in [3.8, 4) is 0 Å². The lowest BCUT2D eigenvalue weighted by atomic mass is 9.95. The highest BCUT2D eigenvalue weighted by Gasteiger charge is 2.27. The zero-order valence-corrected chi connectivity index (χ0v) is 17.1. The minimum absolute atomic E-state index is 0.0108. The summed E-state index contributed by atoms with van der Waals surface area (Å²) in [5, 5.41) is 4.71. The predicted octanol–water partition coefficient (Wildman–Crippen LogP) is 4.75. The minimum atomic E-state index is -0.0108. The lowest BCUT2D eigenvalue weighted by Crippen LogP contribution is -2.38. The second-order valence-corrected chi connectivity index (χ2v) is 8.53. The van der Waals surface area contributed by atoms with E-state index in [1.54, 1.807) is 36.0 Å². The van der Waals surface area contributed by atoms with Crippen LogP contribution in [0.4, 0.5) is 11.5 Å². The van der Waals surface area contributed by atoms with Crippen LogP contribution in [0.2, 0.25) is 5.02 Å². The molecule has 29 heavy (non-hydrogen) atoms. The molecule has 0 atom stereocenters. The molecule has 4 heterocycles. The van der Waals surface area contributed by atoms with Gasteiger partial charge in [0.15, 0.2) is 0 Å². The van der Waals surface area contributed by atoms with E-state index in [-0.39, 0.29) is 11.8 Å². The SMILES string of the molecule is O=C(Nc1ccc(Cl)cc1)C1CCN(c2ncnc3c2sc2ncccc23)CC1. The van der Waals surface area contributed by atoms with Gasteiger partial charge in [-0.3, -0.25) is 4.79 Å². The first-order valence-electron chi connectivity index (χ1n) is 9.48. The monoisotopic (exact) mass is 423 g/mol. The maximum Gasteiger partial charge on any atom is 0.227 e. The molecule has 3 aromatic heterocycles. The van der Waals surface area contributed by atoms with Crippen molar-refractivity contribution < 1.29 is 4.79 Å². The molecule has 5 rings (SSSR count). The molecule has 1 amide bonds. The molecule has 0 saturated carbocycles. The van der Waals surface area contributed by atoms with Crippen LogP contribution in [0.1, 0.15) is 12.8 Å². The van der Waals surface area contributed by atoms with Gasteiger partial charge in [-0.1, -0.05) is 11.6 Å². The number of nitrogens with zero attached hydrogens (tertiary/aromatic N) is 4.